The zero-order valence-corrected chi connectivity index (χ0v) is 19.6. The van der Waals surface area contributed by atoms with Crippen molar-refractivity contribution in [1.29, 1.82) is 0 Å². The maximum absolute atomic E-state index is 13.1. The molecule has 0 bridgehead atoms. The number of benzene rings is 2. The summed E-state index contributed by atoms with van der Waals surface area (Å²) in [6.45, 7) is 0. The van der Waals surface area contributed by atoms with Crippen molar-refractivity contribution in [2.24, 2.45) is 21.1 Å². The van der Waals surface area contributed by atoms with E-state index in [9.17, 15) is 19.7 Å². The van der Waals surface area contributed by atoms with Crippen LogP contribution in [0.5, 0.6) is 0 Å². The predicted molar refractivity (Wildman–Crippen MR) is 135 cm³/mol. The maximum Gasteiger partial charge on any atom is 0.271 e. The molecule has 0 spiro atoms. The minimum absolute atomic E-state index is 0.0472. The summed E-state index contributed by atoms with van der Waals surface area (Å²) < 4.78 is 5.57. The van der Waals surface area contributed by atoms with Gasteiger partial charge in [0.25, 0.3) is 17.5 Å². The molecule has 2 aromatic carbocycles. The zero-order chi connectivity index (χ0) is 25.3. The lowest BCUT2D eigenvalue weighted by atomic mass is 9.95. The lowest BCUT2D eigenvalue weighted by Crippen LogP contribution is -2.22. The number of nitrogens with one attached hydrogen (secondary N) is 1. The Kier molecular flexibility index (Phi) is 4.49. The van der Waals surface area contributed by atoms with Gasteiger partial charge in [0.05, 0.1) is 21.6 Å². The van der Waals surface area contributed by atoms with Gasteiger partial charge in [-0.2, -0.15) is 0 Å². The smallest absolute Gasteiger partial charge is 0.271 e. The summed E-state index contributed by atoms with van der Waals surface area (Å²) in [6, 6.07) is 10.4. The quantitative estimate of drug-likeness (QED) is 0.240. The zero-order valence-electron chi connectivity index (χ0n) is 19.6. The molecule has 0 unspecified atom stereocenters. The molecule has 5 aromatic rings. The van der Waals surface area contributed by atoms with Crippen LogP contribution in [-0.2, 0) is 30.7 Å². The Labute approximate surface area is 204 Å². The number of amides is 2. The highest BCUT2D eigenvalue weighted by Crippen LogP contribution is 2.39. The summed E-state index contributed by atoms with van der Waals surface area (Å²) in [4.78, 5) is 41.4. The summed E-state index contributed by atoms with van der Waals surface area (Å²) in [6.07, 6.45) is 7.18. The van der Waals surface area contributed by atoms with Gasteiger partial charge in [0, 0.05) is 91.0 Å². The van der Waals surface area contributed by atoms with Crippen molar-refractivity contribution in [3.05, 3.63) is 82.4 Å². The van der Waals surface area contributed by atoms with E-state index < -0.39 is 16.7 Å². The molecule has 0 fully saturated rings. The number of non-ortho nitro benzene ring substituents is 1. The molecule has 6 rings (SSSR count). The molecule has 4 heterocycles. The average Bonchev–Trinajstić information content (AvgIpc) is 3.58. The minimum atomic E-state index is -0.498. The van der Waals surface area contributed by atoms with E-state index in [1.54, 1.807) is 30.1 Å². The number of nitro groups is 1. The van der Waals surface area contributed by atoms with Crippen LogP contribution < -0.4 is 5.32 Å². The third kappa shape index (κ3) is 3.01. The van der Waals surface area contributed by atoms with E-state index in [-0.39, 0.29) is 16.8 Å². The van der Waals surface area contributed by atoms with Crippen LogP contribution in [0.3, 0.4) is 0 Å². The van der Waals surface area contributed by atoms with Crippen LogP contribution in [0.1, 0.15) is 11.1 Å². The van der Waals surface area contributed by atoms with Gasteiger partial charge in [-0.05, 0) is 12.1 Å². The summed E-state index contributed by atoms with van der Waals surface area (Å²) in [5.41, 5.74) is 4.07. The van der Waals surface area contributed by atoms with Gasteiger partial charge < -0.3 is 13.7 Å². The van der Waals surface area contributed by atoms with E-state index in [0.717, 1.165) is 22.3 Å². The number of carbonyl (C=O) groups is 2. The Hall–Kier alpha value is -4.99. The molecule has 0 radical (unpaired) electrons. The van der Waals surface area contributed by atoms with Gasteiger partial charge >= 0.3 is 0 Å². The van der Waals surface area contributed by atoms with E-state index >= 15 is 0 Å². The second kappa shape index (κ2) is 7.51. The Bertz CT molecular complexity index is 1820. The Balaban J connectivity index is 1.59. The number of carbonyl (C=O) groups excluding carboxylic acids is 2. The van der Waals surface area contributed by atoms with E-state index in [4.69, 9.17) is 0 Å². The van der Waals surface area contributed by atoms with Crippen LogP contribution in [0.2, 0.25) is 0 Å². The first kappa shape index (κ1) is 21.5. The number of aromatic nitrogens is 4. The lowest BCUT2D eigenvalue weighted by molar-refractivity contribution is -0.384. The normalized spacial score (nSPS) is 13.9. The molecule has 0 saturated heterocycles. The van der Waals surface area contributed by atoms with Crippen LogP contribution in [0.25, 0.3) is 44.3 Å². The molecule has 2 amide bonds. The van der Waals surface area contributed by atoms with Crippen LogP contribution >= 0.6 is 0 Å². The van der Waals surface area contributed by atoms with Gasteiger partial charge in [0.15, 0.2) is 0 Å². The molecule has 178 valence electrons. The summed E-state index contributed by atoms with van der Waals surface area (Å²) in [7, 11) is 5.56. The van der Waals surface area contributed by atoms with Gasteiger partial charge in [-0.15, -0.1) is 0 Å². The molecule has 1 aliphatic heterocycles. The van der Waals surface area contributed by atoms with Crippen molar-refractivity contribution >= 4 is 50.5 Å². The molecule has 0 saturated carbocycles. The molecule has 1 N–H and O–H groups in total. The van der Waals surface area contributed by atoms with E-state index in [2.05, 4.69) is 10.3 Å². The third-order valence-electron chi connectivity index (χ3n) is 6.72. The number of hydrogen-bond donors (Lipinski definition) is 1. The number of nitrogens with zero attached hydrogens (tertiary/aromatic N) is 5. The highest BCUT2D eigenvalue weighted by molar-refractivity contribution is 6.50. The average molecular weight is 480 g/mol. The Morgan fingerprint density at radius 3 is 1.97 bits per heavy atom. The molecule has 0 aliphatic carbocycles. The minimum Gasteiger partial charge on any atom is -0.350 e. The second-order valence-corrected chi connectivity index (χ2v) is 8.89. The van der Waals surface area contributed by atoms with Gasteiger partial charge in [-0.1, -0.05) is 12.1 Å². The number of rotatable bonds is 4. The van der Waals surface area contributed by atoms with Gasteiger partial charge in [0.2, 0.25) is 0 Å². The Morgan fingerprint density at radius 2 is 1.42 bits per heavy atom. The van der Waals surface area contributed by atoms with Crippen molar-refractivity contribution in [3.8, 4) is 11.4 Å². The number of aryl methyl sites for hydroxylation is 3. The van der Waals surface area contributed by atoms with Crippen LogP contribution in [-0.4, -0.2) is 35.4 Å². The molecule has 3 aromatic heterocycles. The summed E-state index contributed by atoms with van der Waals surface area (Å²) >= 11 is 0. The number of nitro benzene ring substituents is 1. The maximum atomic E-state index is 13.1. The van der Waals surface area contributed by atoms with Crippen molar-refractivity contribution in [2.45, 2.75) is 0 Å². The fourth-order valence-corrected chi connectivity index (χ4v) is 5.02. The summed E-state index contributed by atoms with van der Waals surface area (Å²) in [5, 5.41) is 15.2. The Morgan fingerprint density at radius 1 is 0.833 bits per heavy atom. The third-order valence-corrected chi connectivity index (χ3v) is 6.72. The molecule has 10 heteroatoms. The van der Waals surface area contributed by atoms with Gasteiger partial charge in [0.1, 0.15) is 5.82 Å². The van der Waals surface area contributed by atoms with E-state index in [1.165, 1.54) is 12.1 Å². The first-order chi connectivity index (χ1) is 17.2. The van der Waals surface area contributed by atoms with Crippen LogP contribution in [0, 0.1) is 10.1 Å². The topological polar surface area (TPSA) is 117 Å². The molecule has 36 heavy (non-hydrogen) atoms. The molecule has 1 aliphatic rings. The molecule has 0 atom stereocenters. The van der Waals surface area contributed by atoms with Crippen molar-refractivity contribution in [3.63, 3.8) is 0 Å². The lowest BCUT2D eigenvalue weighted by Gasteiger charge is -2.05. The first-order valence-corrected chi connectivity index (χ1v) is 11.2. The second-order valence-electron chi connectivity index (χ2n) is 8.89. The fourth-order valence-electron chi connectivity index (χ4n) is 5.02. The van der Waals surface area contributed by atoms with Crippen LogP contribution in [0.4, 0.5) is 5.69 Å². The highest BCUT2D eigenvalue weighted by Gasteiger charge is 2.35. The number of fused-ring (bicyclic) bond motifs is 2. The molecular formula is C26H20N6O4. The summed E-state index contributed by atoms with van der Waals surface area (Å²) in [5.74, 6) is -0.157. The first-order valence-electron chi connectivity index (χ1n) is 11.2. The highest BCUT2D eigenvalue weighted by atomic mass is 16.6. The molecule has 10 nitrogen and oxygen atoms in total. The van der Waals surface area contributed by atoms with Crippen molar-refractivity contribution in [1.82, 2.24) is 24.0 Å². The van der Waals surface area contributed by atoms with Crippen LogP contribution in [0.15, 0.2) is 61.2 Å². The van der Waals surface area contributed by atoms with Gasteiger partial charge in [-0.25, -0.2) is 4.98 Å². The fraction of sp³-hybridized carbons (Fsp3) is 0.115. The van der Waals surface area contributed by atoms with Crippen molar-refractivity contribution in [2.75, 3.05) is 0 Å². The standard InChI is InChI=1S/C26H20N6O4/c1-29-9-8-27-24(29)14-4-6-16-18(12-30(2)20(16)10-14)22-23(26(34)28-25(22)33)19-13-31(3)21-11-15(32(35)36)5-7-17(19)21/h4-13H,1-3H3,(H,28,33,34). The molecular weight excluding hydrogens is 460 g/mol. The van der Waals surface area contributed by atoms with E-state index in [0.29, 0.717) is 22.0 Å². The van der Waals surface area contributed by atoms with Gasteiger partial charge in [-0.3, -0.25) is 25.0 Å². The largest absolute Gasteiger partial charge is 0.350 e. The number of hydrogen-bond acceptors (Lipinski definition) is 5. The monoisotopic (exact) mass is 480 g/mol. The van der Waals surface area contributed by atoms with E-state index in [1.807, 2.05) is 53.8 Å². The van der Waals surface area contributed by atoms with Crippen molar-refractivity contribution < 1.29 is 14.5 Å². The number of imide groups is 1. The number of imidazole rings is 1. The predicted octanol–water partition coefficient (Wildman–Crippen LogP) is 3.55. The SMILES string of the molecule is Cn1ccnc1-c1ccc2c(C3=C(c4cn(C)c5cc([N+](=O)[O-])ccc45)C(=O)NC3=O)cn(C)c2c1.